The first-order valence-corrected chi connectivity index (χ1v) is 7.67. The third-order valence-electron chi connectivity index (χ3n) is 4.64. The van der Waals surface area contributed by atoms with Gasteiger partial charge in [0.2, 0.25) is 0 Å². The van der Waals surface area contributed by atoms with Crippen LogP contribution in [-0.2, 0) is 23.1 Å². The van der Waals surface area contributed by atoms with Gasteiger partial charge in [-0.25, -0.2) is 0 Å². The number of ether oxygens (including phenoxy) is 2. The Morgan fingerprint density at radius 1 is 1.14 bits per heavy atom. The van der Waals surface area contributed by atoms with Crippen molar-refractivity contribution < 1.29 is 9.47 Å². The van der Waals surface area contributed by atoms with Crippen molar-refractivity contribution in [3.63, 3.8) is 0 Å². The lowest BCUT2D eigenvalue weighted by atomic mass is 10.0. The van der Waals surface area contributed by atoms with E-state index in [0.717, 1.165) is 51.4 Å². The smallest absolute Gasteiger partial charge is 0.170 e. The average molecular weight is 287 g/mol. The number of likely N-dealkylation sites (tertiary alicyclic amines) is 1. The molecular formula is C16H21N3O2. The van der Waals surface area contributed by atoms with E-state index < -0.39 is 0 Å². The zero-order valence-electron chi connectivity index (χ0n) is 12.4. The number of piperidine rings is 1. The summed E-state index contributed by atoms with van der Waals surface area (Å²) in [4.78, 5) is 2.45. The van der Waals surface area contributed by atoms with Crippen molar-refractivity contribution in [2.45, 2.75) is 25.2 Å². The normalized spacial score (nSPS) is 22.3. The van der Waals surface area contributed by atoms with Crippen LogP contribution >= 0.6 is 0 Å². The number of fused-ring (bicyclic) bond motifs is 1. The van der Waals surface area contributed by atoms with E-state index in [-0.39, 0.29) is 5.79 Å². The highest BCUT2D eigenvalue weighted by atomic mass is 16.7. The van der Waals surface area contributed by atoms with Gasteiger partial charge in [0.15, 0.2) is 5.79 Å². The Balaban J connectivity index is 1.49. The van der Waals surface area contributed by atoms with Gasteiger partial charge in [0.05, 0.1) is 24.4 Å². The molecule has 2 aliphatic rings. The molecule has 5 heteroatoms. The van der Waals surface area contributed by atoms with Crippen LogP contribution in [0.25, 0.3) is 10.9 Å². The van der Waals surface area contributed by atoms with Gasteiger partial charge in [-0.1, -0.05) is 18.2 Å². The molecule has 21 heavy (non-hydrogen) atoms. The maximum atomic E-state index is 5.79. The van der Waals surface area contributed by atoms with Gasteiger partial charge in [0.25, 0.3) is 0 Å². The topological polar surface area (TPSA) is 39.5 Å². The Kier molecular flexibility index (Phi) is 3.21. The number of benzene rings is 1. The second kappa shape index (κ2) is 5.09. The van der Waals surface area contributed by atoms with E-state index in [1.807, 2.05) is 11.7 Å². The van der Waals surface area contributed by atoms with Crippen molar-refractivity contribution in [1.82, 2.24) is 14.7 Å². The quantitative estimate of drug-likeness (QED) is 0.846. The molecule has 3 heterocycles. The number of rotatable bonds is 2. The molecule has 112 valence electrons. The third kappa shape index (κ3) is 2.35. The highest BCUT2D eigenvalue weighted by Gasteiger charge is 2.39. The van der Waals surface area contributed by atoms with Crippen molar-refractivity contribution in [3.8, 4) is 0 Å². The molecule has 2 saturated heterocycles. The van der Waals surface area contributed by atoms with Crippen molar-refractivity contribution in [1.29, 1.82) is 0 Å². The molecule has 0 radical (unpaired) electrons. The van der Waals surface area contributed by atoms with E-state index in [9.17, 15) is 0 Å². The predicted molar refractivity (Wildman–Crippen MR) is 79.9 cm³/mol. The molecule has 0 N–H and O–H groups in total. The van der Waals surface area contributed by atoms with Crippen LogP contribution in [0.2, 0.25) is 0 Å². The molecular weight excluding hydrogens is 266 g/mol. The lowest BCUT2D eigenvalue weighted by Gasteiger charge is -2.37. The molecule has 1 aromatic carbocycles. The van der Waals surface area contributed by atoms with E-state index >= 15 is 0 Å². The van der Waals surface area contributed by atoms with Crippen molar-refractivity contribution in [2.75, 3.05) is 26.3 Å². The Bertz CT molecular complexity index is 636. The second-order valence-electron chi connectivity index (χ2n) is 5.97. The molecule has 2 aliphatic heterocycles. The summed E-state index contributed by atoms with van der Waals surface area (Å²) in [6.07, 6.45) is 1.91. The Morgan fingerprint density at radius 3 is 2.62 bits per heavy atom. The summed E-state index contributed by atoms with van der Waals surface area (Å²) < 4.78 is 13.5. The minimum Gasteiger partial charge on any atom is -0.347 e. The number of nitrogens with zero attached hydrogens (tertiary/aromatic N) is 3. The van der Waals surface area contributed by atoms with Crippen molar-refractivity contribution in [3.05, 3.63) is 30.0 Å². The Labute approximate surface area is 124 Å². The van der Waals surface area contributed by atoms with Gasteiger partial charge >= 0.3 is 0 Å². The standard InChI is InChI=1S/C16H21N3O2/c1-18-15-5-3-2-4-13(15)14(17-18)12-19-8-6-16(7-9-19)20-10-11-21-16/h2-5H,6-12H2,1H3. The fraction of sp³-hybridized carbons (Fsp3) is 0.562. The molecule has 0 bridgehead atoms. The molecule has 2 fully saturated rings. The summed E-state index contributed by atoms with van der Waals surface area (Å²) in [5.74, 6) is -0.289. The number of hydrogen-bond acceptors (Lipinski definition) is 4. The lowest BCUT2D eigenvalue weighted by Crippen LogP contribution is -2.44. The third-order valence-corrected chi connectivity index (χ3v) is 4.64. The van der Waals surface area contributed by atoms with E-state index in [1.165, 1.54) is 10.9 Å². The number of aryl methyl sites for hydroxylation is 1. The molecule has 1 aromatic heterocycles. The summed E-state index contributed by atoms with van der Waals surface area (Å²) in [5.41, 5.74) is 2.36. The number of para-hydroxylation sites is 1. The molecule has 0 saturated carbocycles. The molecule has 0 atom stereocenters. The van der Waals surface area contributed by atoms with E-state index in [2.05, 4.69) is 34.3 Å². The van der Waals surface area contributed by atoms with Crippen LogP contribution in [0.3, 0.4) is 0 Å². The molecule has 0 unspecified atom stereocenters. The van der Waals surface area contributed by atoms with Crippen LogP contribution in [0, 0.1) is 0 Å². The van der Waals surface area contributed by atoms with Gasteiger partial charge < -0.3 is 9.47 Å². The van der Waals surface area contributed by atoms with E-state index in [0.29, 0.717) is 0 Å². The minimum absolute atomic E-state index is 0.289. The zero-order valence-corrected chi connectivity index (χ0v) is 12.4. The van der Waals surface area contributed by atoms with Crippen LogP contribution < -0.4 is 0 Å². The van der Waals surface area contributed by atoms with Crippen LogP contribution in [0.5, 0.6) is 0 Å². The zero-order chi connectivity index (χ0) is 14.3. The average Bonchev–Trinajstić information content (AvgIpc) is 3.09. The summed E-state index contributed by atoms with van der Waals surface area (Å²) in [5, 5.41) is 5.94. The molecule has 2 aromatic rings. The Morgan fingerprint density at radius 2 is 1.86 bits per heavy atom. The second-order valence-corrected chi connectivity index (χ2v) is 5.97. The van der Waals surface area contributed by atoms with Gasteiger partial charge in [-0.05, 0) is 6.07 Å². The van der Waals surface area contributed by atoms with Crippen molar-refractivity contribution in [2.24, 2.45) is 7.05 Å². The summed E-state index contributed by atoms with van der Waals surface area (Å²) >= 11 is 0. The molecule has 1 spiro atoms. The monoisotopic (exact) mass is 287 g/mol. The van der Waals surface area contributed by atoms with Crippen LogP contribution in [-0.4, -0.2) is 46.8 Å². The maximum absolute atomic E-state index is 5.79. The largest absolute Gasteiger partial charge is 0.347 e. The fourth-order valence-electron chi connectivity index (χ4n) is 3.45. The van der Waals surface area contributed by atoms with Gasteiger partial charge in [-0.15, -0.1) is 0 Å². The summed E-state index contributed by atoms with van der Waals surface area (Å²) in [6, 6.07) is 8.43. The predicted octanol–water partition coefficient (Wildman–Crippen LogP) is 1.91. The lowest BCUT2D eigenvalue weighted by molar-refractivity contribution is -0.185. The number of aromatic nitrogens is 2. The van der Waals surface area contributed by atoms with Crippen molar-refractivity contribution >= 4 is 10.9 Å². The minimum atomic E-state index is -0.289. The molecule has 0 aliphatic carbocycles. The fourth-order valence-corrected chi connectivity index (χ4v) is 3.45. The molecule has 5 nitrogen and oxygen atoms in total. The highest BCUT2D eigenvalue weighted by Crippen LogP contribution is 2.32. The van der Waals surface area contributed by atoms with Gasteiger partial charge in [-0.2, -0.15) is 5.10 Å². The molecule has 0 amide bonds. The molecule has 4 rings (SSSR count). The van der Waals surface area contributed by atoms with Crippen LogP contribution in [0.4, 0.5) is 0 Å². The summed E-state index contributed by atoms with van der Waals surface area (Å²) in [6.45, 7) is 4.39. The van der Waals surface area contributed by atoms with E-state index in [4.69, 9.17) is 9.47 Å². The number of hydrogen-bond donors (Lipinski definition) is 0. The van der Waals surface area contributed by atoms with Crippen LogP contribution in [0.15, 0.2) is 24.3 Å². The first-order chi connectivity index (χ1) is 10.3. The SMILES string of the molecule is Cn1nc(CN2CCC3(CC2)OCCO3)c2ccccc21. The van der Waals surface area contributed by atoms with Gasteiger partial charge in [0.1, 0.15) is 0 Å². The first-order valence-electron chi connectivity index (χ1n) is 7.67. The van der Waals surface area contributed by atoms with Gasteiger partial charge in [-0.3, -0.25) is 9.58 Å². The van der Waals surface area contributed by atoms with E-state index in [1.54, 1.807) is 0 Å². The first kappa shape index (κ1) is 13.2. The maximum Gasteiger partial charge on any atom is 0.170 e. The van der Waals surface area contributed by atoms with Gasteiger partial charge in [0, 0.05) is 44.9 Å². The van der Waals surface area contributed by atoms with Crippen LogP contribution in [0.1, 0.15) is 18.5 Å². The Hall–Kier alpha value is -1.43. The highest BCUT2D eigenvalue weighted by molar-refractivity contribution is 5.81. The summed E-state index contributed by atoms with van der Waals surface area (Å²) in [7, 11) is 2.01.